The lowest BCUT2D eigenvalue weighted by Crippen LogP contribution is -2.49. The lowest BCUT2D eigenvalue weighted by atomic mass is 10.2. The Labute approximate surface area is 134 Å². The van der Waals surface area contributed by atoms with E-state index in [1.165, 1.54) is 7.11 Å². The SMILES string of the molecule is C=CCNC(=S)NNC(=O)CNC(=O)c1cccc(OC)c1. The molecule has 0 heterocycles. The Morgan fingerprint density at radius 2 is 2.09 bits per heavy atom. The van der Waals surface area contributed by atoms with Crippen LogP contribution in [-0.4, -0.2) is 37.1 Å². The summed E-state index contributed by atoms with van der Waals surface area (Å²) in [6, 6.07) is 6.63. The number of carbonyl (C=O) groups excluding carboxylic acids is 2. The lowest BCUT2D eigenvalue weighted by Gasteiger charge is -2.11. The molecule has 0 saturated carbocycles. The van der Waals surface area contributed by atoms with Crippen molar-refractivity contribution in [3.63, 3.8) is 0 Å². The van der Waals surface area contributed by atoms with Crippen molar-refractivity contribution in [1.29, 1.82) is 0 Å². The topological polar surface area (TPSA) is 91.5 Å². The highest BCUT2D eigenvalue weighted by Gasteiger charge is 2.08. The molecule has 1 aromatic carbocycles. The average Bonchev–Trinajstić information content (AvgIpc) is 2.55. The van der Waals surface area contributed by atoms with E-state index in [4.69, 9.17) is 17.0 Å². The fraction of sp³-hybridized carbons (Fsp3) is 0.214. The summed E-state index contributed by atoms with van der Waals surface area (Å²) in [7, 11) is 1.51. The number of carbonyl (C=O) groups is 2. The molecule has 0 unspecified atom stereocenters. The zero-order valence-electron chi connectivity index (χ0n) is 12.1. The second-order valence-electron chi connectivity index (χ2n) is 4.09. The first-order valence-electron chi connectivity index (χ1n) is 6.42. The van der Waals surface area contributed by atoms with Crippen molar-refractivity contribution in [2.24, 2.45) is 0 Å². The van der Waals surface area contributed by atoms with Crippen LogP contribution in [0.15, 0.2) is 36.9 Å². The quantitative estimate of drug-likeness (QED) is 0.337. The molecule has 4 N–H and O–H groups in total. The summed E-state index contributed by atoms with van der Waals surface area (Å²) in [5, 5.41) is 5.52. The average molecular weight is 322 g/mol. The fourth-order valence-corrected chi connectivity index (χ4v) is 1.54. The number of amides is 2. The lowest BCUT2D eigenvalue weighted by molar-refractivity contribution is -0.120. The number of hydrogen-bond donors (Lipinski definition) is 4. The summed E-state index contributed by atoms with van der Waals surface area (Å²) in [6.07, 6.45) is 1.63. The zero-order valence-corrected chi connectivity index (χ0v) is 13.0. The van der Waals surface area contributed by atoms with Gasteiger partial charge in [-0.1, -0.05) is 12.1 Å². The van der Waals surface area contributed by atoms with Crippen LogP contribution in [0.4, 0.5) is 0 Å². The van der Waals surface area contributed by atoms with Crippen LogP contribution in [0.2, 0.25) is 0 Å². The van der Waals surface area contributed by atoms with Gasteiger partial charge >= 0.3 is 0 Å². The van der Waals surface area contributed by atoms with Crippen LogP contribution in [0.25, 0.3) is 0 Å². The molecule has 1 rings (SSSR count). The first-order valence-corrected chi connectivity index (χ1v) is 6.83. The molecular formula is C14H18N4O3S. The Hall–Kier alpha value is -2.61. The van der Waals surface area contributed by atoms with Gasteiger partial charge in [-0.15, -0.1) is 6.58 Å². The van der Waals surface area contributed by atoms with Gasteiger partial charge in [0.15, 0.2) is 5.11 Å². The highest BCUT2D eigenvalue weighted by atomic mass is 32.1. The number of hydrazine groups is 1. The van der Waals surface area contributed by atoms with Gasteiger partial charge in [0, 0.05) is 12.1 Å². The van der Waals surface area contributed by atoms with Crippen molar-refractivity contribution in [3.8, 4) is 5.75 Å². The number of thiocarbonyl (C=S) groups is 1. The summed E-state index contributed by atoms with van der Waals surface area (Å²) in [4.78, 5) is 23.4. The van der Waals surface area contributed by atoms with Crippen molar-refractivity contribution < 1.29 is 14.3 Å². The largest absolute Gasteiger partial charge is 0.497 e. The van der Waals surface area contributed by atoms with Crippen LogP contribution in [0.3, 0.4) is 0 Å². The van der Waals surface area contributed by atoms with Crippen LogP contribution >= 0.6 is 12.2 Å². The predicted octanol–water partition coefficient (Wildman–Crippen LogP) is 0.106. The van der Waals surface area contributed by atoms with Crippen LogP contribution in [0.5, 0.6) is 5.75 Å². The Morgan fingerprint density at radius 1 is 1.32 bits per heavy atom. The number of methoxy groups -OCH3 is 1. The maximum absolute atomic E-state index is 11.9. The smallest absolute Gasteiger partial charge is 0.257 e. The van der Waals surface area contributed by atoms with Crippen molar-refractivity contribution in [1.82, 2.24) is 21.5 Å². The van der Waals surface area contributed by atoms with Gasteiger partial charge in [-0.2, -0.15) is 0 Å². The third kappa shape index (κ3) is 6.23. The molecule has 0 atom stereocenters. The van der Waals surface area contributed by atoms with E-state index in [0.717, 1.165) is 0 Å². The first-order chi connectivity index (χ1) is 10.6. The van der Waals surface area contributed by atoms with E-state index < -0.39 is 5.91 Å². The Bertz CT molecular complexity index is 563. The number of rotatable bonds is 6. The third-order valence-corrected chi connectivity index (χ3v) is 2.71. The molecule has 0 fully saturated rings. The molecule has 0 aromatic heterocycles. The molecule has 0 spiro atoms. The number of hydrogen-bond acceptors (Lipinski definition) is 4. The van der Waals surface area contributed by atoms with Crippen LogP contribution in [0.1, 0.15) is 10.4 Å². The van der Waals surface area contributed by atoms with Crippen molar-refractivity contribution in [3.05, 3.63) is 42.5 Å². The van der Waals surface area contributed by atoms with Gasteiger partial charge in [-0.25, -0.2) is 0 Å². The van der Waals surface area contributed by atoms with Crippen molar-refractivity contribution in [2.75, 3.05) is 20.2 Å². The maximum Gasteiger partial charge on any atom is 0.257 e. The minimum Gasteiger partial charge on any atom is -0.497 e. The molecular weight excluding hydrogens is 304 g/mol. The molecule has 22 heavy (non-hydrogen) atoms. The maximum atomic E-state index is 11.9. The predicted molar refractivity (Wildman–Crippen MR) is 87.4 cm³/mol. The molecule has 118 valence electrons. The van der Waals surface area contributed by atoms with E-state index in [0.29, 0.717) is 17.9 Å². The van der Waals surface area contributed by atoms with Gasteiger partial charge in [-0.3, -0.25) is 20.4 Å². The number of nitrogens with one attached hydrogen (secondary N) is 4. The highest BCUT2D eigenvalue weighted by Crippen LogP contribution is 2.11. The molecule has 0 bridgehead atoms. The van der Waals surface area contributed by atoms with Gasteiger partial charge in [-0.05, 0) is 30.4 Å². The minimum absolute atomic E-state index is 0.187. The van der Waals surface area contributed by atoms with Gasteiger partial charge in [0.25, 0.3) is 11.8 Å². The Balaban J connectivity index is 2.35. The van der Waals surface area contributed by atoms with Gasteiger partial charge < -0.3 is 15.4 Å². The molecule has 2 amide bonds. The molecule has 7 nitrogen and oxygen atoms in total. The standard InChI is InChI=1S/C14H18N4O3S/c1-3-7-15-14(22)18-17-12(19)9-16-13(20)10-5-4-6-11(8-10)21-2/h3-6,8H,1,7,9H2,2H3,(H,16,20)(H,17,19)(H2,15,18,22). The molecule has 0 aliphatic heterocycles. The van der Waals surface area contributed by atoms with Gasteiger partial charge in [0.2, 0.25) is 0 Å². The number of ether oxygens (including phenoxy) is 1. The molecule has 0 saturated heterocycles. The number of benzene rings is 1. The summed E-state index contributed by atoms with van der Waals surface area (Å²) >= 11 is 4.89. The second-order valence-corrected chi connectivity index (χ2v) is 4.49. The zero-order chi connectivity index (χ0) is 16.4. The van der Waals surface area contributed by atoms with Crippen molar-refractivity contribution >= 4 is 29.1 Å². The van der Waals surface area contributed by atoms with E-state index in [-0.39, 0.29) is 17.6 Å². The summed E-state index contributed by atoms with van der Waals surface area (Å²) in [6.45, 7) is 3.82. The van der Waals surface area contributed by atoms with Crippen molar-refractivity contribution in [2.45, 2.75) is 0 Å². The van der Waals surface area contributed by atoms with Gasteiger partial charge in [0.1, 0.15) is 5.75 Å². The second kappa shape index (κ2) is 9.35. The van der Waals surface area contributed by atoms with E-state index >= 15 is 0 Å². The molecule has 0 aliphatic carbocycles. The van der Waals surface area contributed by atoms with Gasteiger partial charge in [0.05, 0.1) is 13.7 Å². The summed E-state index contributed by atoms with van der Waals surface area (Å²) in [5.41, 5.74) is 5.26. The van der Waals surface area contributed by atoms with E-state index in [1.807, 2.05) is 0 Å². The molecule has 8 heteroatoms. The molecule has 0 radical (unpaired) electrons. The fourth-order valence-electron chi connectivity index (χ4n) is 1.41. The summed E-state index contributed by atoms with van der Waals surface area (Å²) in [5.74, 6) is -0.238. The monoisotopic (exact) mass is 322 g/mol. The van der Waals surface area contributed by atoms with Crippen LogP contribution < -0.4 is 26.2 Å². The summed E-state index contributed by atoms with van der Waals surface area (Å²) < 4.78 is 5.03. The molecule has 0 aliphatic rings. The van der Waals surface area contributed by atoms with Crippen LogP contribution in [-0.2, 0) is 4.79 Å². The third-order valence-electron chi connectivity index (χ3n) is 2.46. The van der Waals surface area contributed by atoms with E-state index in [1.54, 1.807) is 30.3 Å². The van der Waals surface area contributed by atoms with Crippen LogP contribution in [0, 0.1) is 0 Å². The molecule has 1 aromatic rings. The highest BCUT2D eigenvalue weighted by molar-refractivity contribution is 7.80. The first kappa shape index (κ1) is 17.4. The Morgan fingerprint density at radius 3 is 2.77 bits per heavy atom. The van der Waals surface area contributed by atoms with E-state index in [9.17, 15) is 9.59 Å². The minimum atomic E-state index is -0.431. The van der Waals surface area contributed by atoms with E-state index in [2.05, 4.69) is 28.1 Å². The normalized spacial score (nSPS) is 9.32. The Kier molecular flexibility index (Phi) is 7.41.